The quantitative estimate of drug-likeness (QED) is 0.708. The number of imidazole rings is 1. The first-order valence-corrected chi connectivity index (χ1v) is 7.84. The van der Waals surface area contributed by atoms with E-state index in [2.05, 4.69) is 10.3 Å². The van der Waals surface area contributed by atoms with Crippen LogP contribution in [0.1, 0.15) is 5.69 Å². The van der Waals surface area contributed by atoms with Gasteiger partial charge in [-0.2, -0.15) is 0 Å². The third-order valence-corrected chi connectivity index (χ3v) is 3.86. The van der Waals surface area contributed by atoms with Gasteiger partial charge in [0.25, 0.3) is 0 Å². The fourth-order valence-electron chi connectivity index (χ4n) is 2.38. The molecule has 128 valence electrons. The van der Waals surface area contributed by atoms with Crippen molar-refractivity contribution >= 4 is 34.9 Å². The van der Waals surface area contributed by atoms with E-state index >= 15 is 0 Å². The highest BCUT2D eigenvalue weighted by Gasteiger charge is 2.09. The minimum atomic E-state index is -0.325. The number of amides is 1. The molecule has 1 amide bonds. The van der Waals surface area contributed by atoms with E-state index in [0.29, 0.717) is 33.7 Å². The summed E-state index contributed by atoms with van der Waals surface area (Å²) in [4.78, 5) is 16.5. The highest BCUT2D eigenvalue weighted by molar-refractivity contribution is 6.31. The minimum Gasteiger partial charge on any atom is -0.497 e. The topological polar surface area (TPSA) is 64.9 Å². The van der Waals surface area contributed by atoms with Gasteiger partial charge >= 0.3 is 0 Å². The van der Waals surface area contributed by atoms with Crippen molar-refractivity contribution in [3.63, 3.8) is 0 Å². The van der Waals surface area contributed by atoms with Crippen molar-refractivity contribution in [2.24, 2.45) is 0 Å². The van der Waals surface area contributed by atoms with Crippen molar-refractivity contribution in [2.45, 2.75) is 0 Å². The Morgan fingerprint density at radius 3 is 2.84 bits per heavy atom. The summed E-state index contributed by atoms with van der Waals surface area (Å²) in [5.74, 6) is 0.828. The van der Waals surface area contributed by atoms with Crippen LogP contribution in [0.25, 0.3) is 11.7 Å². The number of halogens is 1. The van der Waals surface area contributed by atoms with Gasteiger partial charge in [0, 0.05) is 18.3 Å². The summed E-state index contributed by atoms with van der Waals surface area (Å²) in [6.45, 7) is 0. The Labute approximate surface area is 149 Å². The zero-order valence-corrected chi connectivity index (χ0v) is 14.4. The Morgan fingerprint density at radius 1 is 1.24 bits per heavy atom. The molecule has 0 atom stereocenters. The van der Waals surface area contributed by atoms with Gasteiger partial charge in [-0.25, -0.2) is 4.98 Å². The van der Waals surface area contributed by atoms with Crippen molar-refractivity contribution in [1.82, 2.24) is 9.38 Å². The van der Waals surface area contributed by atoms with Crippen LogP contribution in [0.15, 0.2) is 48.7 Å². The van der Waals surface area contributed by atoms with Crippen LogP contribution in [0, 0.1) is 0 Å². The number of fused-ring (bicyclic) bond motifs is 1. The second kappa shape index (κ2) is 7.27. The summed E-state index contributed by atoms with van der Waals surface area (Å²) < 4.78 is 12.2. The molecule has 2 aromatic heterocycles. The van der Waals surface area contributed by atoms with Crippen molar-refractivity contribution in [3.8, 4) is 11.5 Å². The molecule has 1 aromatic carbocycles. The predicted octanol–water partition coefficient (Wildman–Crippen LogP) is 3.66. The molecule has 0 radical (unpaired) electrons. The average Bonchev–Trinajstić information content (AvgIpc) is 2.95. The number of carbonyl (C=O) groups is 1. The molecule has 0 aliphatic carbocycles. The third-order valence-electron chi connectivity index (χ3n) is 3.58. The predicted molar refractivity (Wildman–Crippen MR) is 97.4 cm³/mol. The number of aromatic nitrogens is 2. The molecule has 0 saturated heterocycles. The molecule has 2 heterocycles. The Kier molecular flexibility index (Phi) is 4.90. The fourth-order valence-corrected chi connectivity index (χ4v) is 2.62. The maximum absolute atomic E-state index is 12.3. The molecule has 0 fully saturated rings. The van der Waals surface area contributed by atoms with Crippen molar-refractivity contribution in [2.75, 3.05) is 19.5 Å². The van der Waals surface area contributed by atoms with Gasteiger partial charge in [0.15, 0.2) is 5.15 Å². The lowest BCUT2D eigenvalue weighted by Crippen LogP contribution is -2.09. The fraction of sp³-hybridized carbons (Fsp3) is 0.111. The average molecular weight is 358 g/mol. The molecule has 0 aliphatic heterocycles. The molecule has 25 heavy (non-hydrogen) atoms. The number of hydrogen-bond donors (Lipinski definition) is 1. The van der Waals surface area contributed by atoms with E-state index in [0.717, 1.165) is 0 Å². The van der Waals surface area contributed by atoms with Gasteiger partial charge in [-0.1, -0.05) is 17.7 Å². The highest BCUT2D eigenvalue weighted by Crippen LogP contribution is 2.29. The normalized spacial score (nSPS) is 11.0. The molecule has 3 rings (SSSR count). The first-order chi connectivity index (χ1) is 12.1. The summed E-state index contributed by atoms with van der Waals surface area (Å²) in [5, 5.41) is 3.09. The first-order valence-electron chi connectivity index (χ1n) is 7.46. The van der Waals surface area contributed by atoms with Gasteiger partial charge in [0.1, 0.15) is 17.1 Å². The lowest BCUT2D eigenvalue weighted by molar-refractivity contribution is -0.111. The van der Waals surface area contributed by atoms with Crippen LogP contribution in [-0.2, 0) is 4.79 Å². The Balaban J connectivity index is 1.83. The van der Waals surface area contributed by atoms with Crippen LogP contribution in [0.5, 0.6) is 11.5 Å². The maximum atomic E-state index is 12.3. The summed E-state index contributed by atoms with van der Waals surface area (Å²) in [7, 11) is 3.09. The van der Waals surface area contributed by atoms with Crippen molar-refractivity contribution in [3.05, 3.63) is 59.5 Å². The number of anilines is 1. The lowest BCUT2D eigenvalue weighted by atomic mass is 10.2. The zero-order valence-electron chi connectivity index (χ0n) is 13.7. The largest absolute Gasteiger partial charge is 0.497 e. The van der Waals surface area contributed by atoms with Gasteiger partial charge in [0.05, 0.1) is 25.6 Å². The number of rotatable bonds is 5. The number of nitrogens with zero attached hydrogens (tertiary/aromatic N) is 2. The summed E-state index contributed by atoms with van der Waals surface area (Å²) in [6.07, 6.45) is 4.84. The van der Waals surface area contributed by atoms with Gasteiger partial charge in [-0.05, 0) is 30.3 Å². The number of nitrogens with one attached hydrogen (secondary N) is 1. The van der Waals surface area contributed by atoms with Crippen molar-refractivity contribution in [1.29, 1.82) is 0 Å². The zero-order chi connectivity index (χ0) is 17.8. The molecular formula is C18H16ClN3O3. The second-order valence-corrected chi connectivity index (χ2v) is 5.46. The van der Waals surface area contributed by atoms with E-state index < -0.39 is 0 Å². The number of benzene rings is 1. The molecule has 0 saturated carbocycles. The first kappa shape index (κ1) is 16.9. The van der Waals surface area contributed by atoms with Crippen molar-refractivity contribution < 1.29 is 14.3 Å². The van der Waals surface area contributed by atoms with E-state index in [-0.39, 0.29) is 5.91 Å². The van der Waals surface area contributed by atoms with E-state index in [4.69, 9.17) is 21.1 Å². The van der Waals surface area contributed by atoms with Crippen LogP contribution >= 0.6 is 11.6 Å². The molecule has 1 N–H and O–H groups in total. The Hall–Kier alpha value is -2.99. The highest BCUT2D eigenvalue weighted by atomic mass is 35.5. The molecule has 3 aromatic rings. The standard InChI is InChI=1S/C18H16ClN3O3/c1-24-12-6-8-15(25-2)13(11-12)20-17(23)9-7-14-18(19)21-16-5-3-4-10-22(14)16/h3-11H,1-2H3,(H,20,23)/b9-7+. The number of carbonyl (C=O) groups excluding carboxylic acids is 1. The number of methoxy groups -OCH3 is 2. The SMILES string of the molecule is COc1ccc(OC)c(NC(=O)/C=C/c2c(Cl)nc3ccccn23)c1. The maximum Gasteiger partial charge on any atom is 0.248 e. The van der Waals surface area contributed by atoms with Crippen LogP contribution in [0.4, 0.5) is 5.69 Å². The monoisotopic (exact) mass is 357 g/mol. The van der Waals surface area contributed by atoms with Crippen LogP contribution in [-0.4, -0.2) is 29.5 Å². The van der Waals surface area contributed by atoms with E-state index in [1.807, 2.05) is 24.4 Å². The summed E-state index contributed by atoms with van der Waals surface area (Å²) >= 11 is 6.15. The smallest absolute Gasteiger partial charge is 0.248 e. The number of hydrogen-bond acceptors (Lipinski definition) is 4. The van der Waals surface area contributed by atoms with E-state index in [9.17, 15) is 4.79 Å². The lowest BCUT2D eigenvalue weighted by Gasteiger charge is -2.10. The number of ether oxygens (including phenoxy) is 2. The van der Waals surface area contributed by atoms with Gasteiger partial charge < -0.3 is 14.8 Å². The second-order valence-electron chi connectivity index (χ2n) is 5.11. The number of pyridine rings is 1. The minimum absolute atomic E-state index is 0.325. The Bertz CT molecular complexity index is 950. The van der Waals surface area contributed by atoms with E-state index in [1.165, 1.54) is 13.2 Å². The molecule has 0 aliphatic rings. The van der Waals surface area contributed by atoms with Crippen LogP contribution < -0.4 is 14.8 Å². The molecule has 7 heteroatoms. The summed E-state index contributed by atoms with van der Waals surface area (Å²) in [5.41, 5.74) is 1.85. The molecule has 0 unspecified atom stereocenters. The van der Waals surface area contributed by atoms with E-state index in [1.54, 1.807) is 35.8 Å². The molecule has 0 spiro atoms. The molecule has 6 nitrogen and oxygen atoms in total. The van der Waals surface area contributed by atoms with Gasteiger partial charge in [0.2, 0.25) is 5.91 Å². The van der Waals surface area contributed by atoms with Crippen LogP contribution in [0.3, 0.4) is 0 Å². The van der Waals surface area contributed by atoms with Gasteiger partial charge in [-0.15, -0.1) is 0 Å². The summed E-state index contributed by atoms with van der Waals surface area (Å²) in [6, 6.07) is 10.7. The molecule has 0 bridgehead atoms. The third kappa shape index (κ3) is 3.59. The molecular weight excluding hydrogens is 342 g/mol. The Morgan fingerprint density at radius 2 is 2.08 bits per heavy atom. The van der Waals surface area contributed by atoms with Crippen LogP contribution in [0.2, 0.25) is 5.15 Å². The van der Waals surface area contributed by atoms with Gasteiger partial charge in [-0.3, -0.25) is 9.20 Å².